The highest BCUT2D eigenvalue weighted by Gasteiger charge is 2.44. The summed E-state index contributed by atoms with van der Waals surface area (Å²) in [6.07, 6.45) is 84.6. The molecule has 0 saturated carbocycles. The van der Waals surface area contributed by atoms with Crippen molar-refractivity contribution in [2.75, 3.05) is 19.8 Å². The van der Waals surface area contributed by atoms with Gasteiger partial charge in [0.2, 0.25) is 5.91 Å². The molecule has 0 aliphatic carbocycles. The Bertz CT molecular complexity index is 1690. The van der Waals surface area contributed by atoms with Crippen molar-refractivity contribution in [2.45, 2.75) is 442 Å². The molecule has 1 saturated heterocycles. The average Bonchev–Trinajstić information content (AvgIpc) is 0.962. The maximum atomic E-state index is 13.0. The summed E-state index contributed by atoms with van der Waals surface area (Å²) in [4.78, 5) is 25.1. The number of nitrogens with one attached hydrogen (secondary N) is 1. The molecule has 0 aromatic rings. The molecule has 7 unspecified atom stereocenters. The fourth-order valence-electron chi connectivity index (χ4n) is 12.8. The molecule has 1 rings (SSSR count). The van der Waals surface area contributed by atoms with Crippen LogP contribution in [-0.4, -0.2) is 100 Å². The second-order valence-corrected chi connectivity index (χ2v) is 28.1. The number of allylic oxidation sites excluding steroid dienone is 7. The Morgan fingerprint density at radius 3 is 1.11 bits per heavy atom. The van der Waals surface area contributed by atoms with Gasteiger partial charge in [0.1, 0.15) is 24.4 Å². The van der Waals surface area contributed by atoms with Gasteiger partial charge in [0.15, 0.2) is 6.29 Å². The molecule has 0 aromatic carbocycles. The lowest BCUT2D eigenvalue weighted by atomic mass is 9.99. The fourth-order valence-corrected chi connectivity index (χ4v) is 12.8. The summed E-state index contributed by atoms with van der Waals surface area (Å²) < 4.78 is 16.7. The fraction of sp³-hybridized carbons (Fsp3) is 0.878. The van der Waals surface area contributed by atoms with E-state index < -0.39 is 49.5 Å². The first-order chi connectivity index (χ1) is 45.7. The number of ether oxygens (including phenoxy) is 3. The monoisotopic (exact) mass is 1310 g/mol. The van der Waals surface area contributed by atoms with Crippen LogP contribution in [0.25, 0.3) is 0 Å². The summed E-state index contributed by atoms with van der Waals surface area (Å²) in [6.45, 7) is 4.30. The van der Waals surface area contributed by atoms with Gasteiger partial charge in [-0.05, 0) is 77.0 Å². The highest BCUT2D eigenvalue weighted by atomic mass is 16.7. The van der Waals surface area contributed by atoms with Crippen molar-refractivity contribution in [3.63, 3.8) is 0 Å². The van der Waals surface area contributed by atoms with Crippen LogP contribution in [0.5, 0.6) is 0 Å². The minimum Gasteiger partial charge on any atom is -0.466 e. The SMILES string of the molecule is CCC/C=C/CC/C=C/CC/C=C/C(O)C(COC1OC(CO)C(O)C(O)C1O)NC(=O)CCCCCCCCCCCCCCCCCCC/C=C\CCCCCCCCCCCCCCCCCCCCOC(=O)CCCCCCCCCCCCCCCCC. The average molecular weight is 1310 g/mol. The summed E-state index contributed by atoms with van der Waals surface area (Å²) >= 11 is 0. The Hall–Kier alpha value is -2.38. The quantitative estimate of drug-likeness (QED) is 0.0195. The van der Waals surface area contributed by atoms with E-state index >= 15 is 0 Å². The van der Waals surface area contributed by atoms with Crippen LogP contribution in [0.3, 0.4) is 0 Å². The van der Waals surface area contributed by atoms with E-state index in [-0.39, 0.29) is 18.5 Å². The van der Waals surface area contributed by atoms with Crippen LogP contribution >= 0.6 is 0 Å². The smallest absolute Gasteiger partial charge is 0.305 e. The van der Waals surface area contributed by atoms with Crippen molar-refractivity contribution in [3.8, 4) is 0 Å². The maximum Gasteiger partial charge on any atom is 0.305 e. The second kappa shape index (κ2) is 70.9. The molecule has 11 nitrogen and oxygen atoms in total. The first-order valence-electron chi connectivity index (χ1n) is 40.4. The summed E-state index contributed by atoms with van der Waals surface area (Å²) in [6, 6.07) is -0.831. The van der Waals surface area contributed by atoms with Gasteiger partial charge in [0.25, 0.3) is 0 Å². The van der Waals surface area contributed by atoms with Crippen LogP contribution in [0.4, 0.5) is 0 Å². The van der Waals surface area contributed by atoms with Crippen LogP contribution in [0.2, 0.25) is 0 Å². The topological polar surface area (TPSA) is 175 Å². The highest BCUT2D eigenvalue weighted by Crippen LogP contribution is 2.24. The van der Waals surface area contributed by atoms with Crippen LogP contribution in [0, 0.1) is 0 Å². The van der Waals surface area contributed by atoms with Crippen molar-refractivity contribution < 1.29 is 49.3 Å². The normalized spacial score (nSPS) is 17.7. The van der Waals surface area contributed by atoms with Gasteiger partial charge in [-0.3, -0.25) is 9.59 Å². The van der Waals surface area contributed by atoms with E-state index in [1.807, 2.05) is 6.08 Å². The summed E-state index contributed by atoms with van der Waals surface area (Å²) in [5, 5.41) is 54.4. The van der Waals surface area contributed by atoms with Gasteiger partial charge in [-0.15, -0.1) is 0 Å². The van der Waals surface area contributed by atoms with E-state index in [9.17, 15) is 35.1 Å². The van der Waals surface area contributed by atoms with Gasteiger partial charge in [-0.25, -0.2) is 0 Å². The molecule has 0 bridgehead atoms. The first-order valence-corrected chi connectivity index (χ1v) is 40.4. The van der Waals surface area contributed by atoms with Crippen molar-refractivity contribution >= 4 is 11.9 Å². The molecule has 1 aliphatic heterocycles. The number of carbonyl (C=O) groups is 2. The maximum absolute atomic E-state index is 13.0. The van der Waals surface area contributed by atoms with E-state index in [1.165, 1.54) is 302 Å². The minimum absolute atomic E-state index is 0.0199. The zero-order valence-corrected chi connectivity index (χ0v) is 61.0. The minimum atomic E-state index is -1.58. The number of rotatable bonds is 72. The highest BCUT2D eigenvalue weighted by molar-refractivity contribution is 5.76. The van der Waals surface area contributed by atoms with E-state index in [4.69, 9.17) is 14.2 Å². The molecule has 0 aromatic heterocycles. The molecule has 6 N–H and O–H groups in total. The second-order valence-electron chi connectivity index (χ2n) is 28.1. The van der Waals surface area contributed by atoms with Gasteiger partial charge in [0.05, 0.1) is 32.0 Å². The van der Waals surface area contributed by atoms with E-state index in [0.717, 1.165) is 70.6 Å². The zero-order valence-electron chi connectivity index (χ0n) is 61.0. The third-order valence-electron chi connectivity index (χ3n) is 19.1. The summed E-state index contributed by atoms with van der Waals surface area (Å²) in [5.74, 6) is -0.172. The number of aliphatic hydroxyl groups excluding tert-OH is 5. The molecule has 0 spiro atoms. The predicted octanol–water partition coefficient (Wildman–Crippen LogP) is 21.9. The van der Waals surface area contributed by atoms with E-state index in [0.29, 0.717) is 19.4 Å². The van der Waals surface area contributed by atoms with Crippen molar-refractivity contribution in [1.82, 2.24) is 5.32 Å². The molecule has 7 atom stereocenters. The van der Waals surface area contributed by atoms with Crippen molar-refractivity contribution in [1.29, 1.82) is 0 Å². The number of unbranched alkanes of at least 4 members (excludes halogenated alkanes) is 52. The number of hydrogen-bond donors (Lipinski definition) is 6. The standard InChI is InChI=1S/C82H153NO10/c1-3-5-7-9-11-13-15-16-42-46-50-54-58-62-66-70-78(87)91-71-67-63-59-55-51-47-44-41-39-37-35-33-31-29-27-25-23-21-19-17-18-20-22-24-26-28-30-32-34-36-38-40-43-45-49-53-57-61-65-69-77(86)83-74(73-92-82-81(90)80(89)79(88)76(72-84)93-82)75(85)68-64-60-56-52-48-14-12-10-8-6-4-2/h8,10,17-18,48,52,64,68,74-76,79-82,84-85,88-90H,3-7,9,11-16,19-47,49-51,53-63,65-67,69-73H2,1-2H3,(H,83,86)/b10-8+,18-17-,52-48+,68-64+. The van der Waals surface area contributed by atoms with Crippen molar-refractivity contribution in [3.05, 3.63) is 48.6 Å². The third kappa shape index (κ3) is 59.4. The molecule has 11 heteroatoms. The Morgan fingerprint density at radius 2 is 0.720 bits per heavy atom. The largest absolute Gasteiger partial charge is 0.466 e. The van der Waals surface area contributed by atoms with Crippen LogP contribution in [0.1, 0.15) is 399 Å². The molecule has 546 valence electrons. The number of hydrogen-bond acceptors (Lipinski definition) is 10. The number of carbonyl (C=O) groups excluding carboxylic acids is 2. The van der Waals surface area contributed by atoms with Crippen LogP contribution in [0.15, 0.2) is 48.6 Å². The van der Waals surface area contributed by atoms with Crippen LogP contribution < -0.4 is 5.32 Å². The molecular formula is C82H153NO10. The Balaban J connectivity index is 1.87. The van der Waals surface area contributed by atoms with Gasteiger partial charge < -0.3 is 45.1 Å². The Kier molecular flexibility index (Phi) is 67.6. The Morgan fingerprint density at radius 1 is 0.387 bits per heavy atom. The molecule has 0 radical (unpaired) electrons. The predicted molar refractivity (Wildman–Crippen MR) is 394 cm³/mol. The summed E-state index contributed by atoms with van der Waals surface area (Å²) in [7, 11) is 0. The molecule has 1 fully saturated rings. The third-order valence-corrected chi connectivity index (χ3v) is 19.1. The van der Waals surface area contributed by atoms with Gasteiger partial charge in [0, 0.05) is 12.8 Å². The number of aliphatic hydroxyl groups is 5. The molecule has 1 heterocycles. The van der Waals surface area contributed by atoms with Gasteiger partial charge >= 0.3 is 5.97 Å². The van der Waals surface area contributed by atoms with Gasteiger partial charge in [-0.1, -0.05) is 358 Å². The molecule has 1 amide bonds. The summed E-state index contributed by atoms with van der Waals surface area (Å²) in [5.41, 5.74) is 0. The first kappa shape index (κ1) is 88.6. The van der Waals surface area contributed by atoms with E-state index in [2.05, 4.69) is 55.6 Å². The van der Waals surface area contributed by atoms with Gasteiger partial charge in [-0.2, -0.15) is 0 Å². The Labute approximate surface area is 574 Å². The van der Waals surface area contributed by atoms with Crippen LogP contribution in [-0.2, 0) is 23.8 Å². The zero-order chi connectivity index (χ0) is 67.2. The van der Waals surface area contributed by atoms with Crippen molar-refractivity contribution in [2.24, 2.45) is 0 Å². The lowest BCUT2D eigenvalue weighted by Gasteiger charge is -2.40. The number of esters is 1. The molecular weight excluding hydrogens is 1160 g/mol. The molecule has 1 aliphatic rings. The molecule has 93 heavy (non-hydrogen) atoms. The van der Waals surface area contributed by atoms with E-state index in [1.54, 1.807) is 6.08 Å². The number of amides is 1. The lowest BCUT2D eigenvalue weighted by Crippen LogP contribution is -2.60. The lowest BCUT2D eigenvalue weighted by molar-refractivity contribution is -0.302.